The van der Waals surface area contributed by atoms with Crippen molar-refractivity contribution in [3.8, 4) is 0 Å². The van der Waals surface area contributed by atoms with Gasteiger partial charge in [0.05, 0.1) is 6.20 Å². The maximum Gasteiger partial charge on any atom is 0.223 e. The molecule has 0 saturated heterocycles. The molecule has 4 N–H and O–H groups in total. The number of nitrogens with two attached hydrogens (primary N) is 1. The van der Waals surface area contributed by atoms with Gasteiger partial charge in [0.15, 0.2) is 0 Å². The molecular formula is C14H24N4O. The standard InChI is InChI=1S/C14H24N4O/c1-10-12(9-17-18-10)3-2-8-16-14(19)11-4-6-13(15)7-5-11/h9,11,13H,2-8,15H2,1H3,(H,16,19)(H,17,18). The Morgan fingerprint density at radius 1 is 1.47 bits per heavy atom. The molecule has 1 fully saturated rings. The maximum atomic E-state index is 12.0. The molecule has 5 heteroatoms. The van der Waals surface area contributed by atoms with Gasteiger partial charge in [0, 0.05) is 24.2 Å². The molecule has 106 valence electrons. The van der Waals surface area contributed by atoms with E-state index in [0.717, 1.165) is 50.8 Å². The van der Waals surface area contributed by atoms with E-state index in [1.165, 1.54) is 5.56 Å². The first-order valence-electron chi connectivity index (χ1n) is 7.19. The van der Waals surface area contributed by atoms with Crippen LogP contribution < -0.4 is 11.1 Å². The Morgan fingerprint density at radius 2 is 2.21 bits per heavy atom. The zero-order valence-electron chi connectivity index (χ0n) is 11.6. The lowest BCUT2D eigenvalue weighted by atomic mass is 9.86. The molecule has 0 unspecified atom stereocenters. The number of nitrogens with one attached hydrogen (secondary N) is 2. The minimum Gasteiger partial charge on any atom is -0.356 e. The monoisotopic (exact) mass is 264 g/mol. The zero-order chi connectivity index (χ0) is 13.7. The molecule has 1 aliphatic rings. The molecule has 0 spiro atoms. The normalized spacial score (nSPS) is 23.3. The summed E-state index contributed by atoms with van der Waals surface area (Å²) in [7, 11) is 0. The minimum absolute atomic E-state index is 0.176. The van der Waals surface area contributed by atoms with Gasteiger partial charge in [-0.05, 0) is 51.0 Å². The van der Waals surface area contributed by atoms with E-state index >= 15 is 0 Å². The smallest absolute Gasteiger partial charge is 0.223 e. The van der Waals surface area contributed by atoms with Crippen LogP contribution in [-0.2, 0) is 11.2 Å². The molecular weight excluding hydrogens is 240 g/mol. The van der Waals surface area contributed by atoms with Crippen molar-refractivity contribution < 1.29 is 4.79 Å². The molecule has 19 heavy (non-hydrogen) atoms. The van der Waals surface area contributed by atoms with Gasteiger partial charge < -0.3 is 11.1 Å². The van der Waals surface area contributed by atoms with E-state index in [4.69, 9.17) is 5.73 Å². The number of aromatic amines is 1. The number of hydrogen-bond donors (Lipinski definition) is 3. The highest BCUT2D eigenvalue weighted by molar-refractivity contribution is 5.78. The van der Waals surface area contributed by atoms with E-state index in [1.54, 1.807) is 0 Å². The van der Waals surface area contributed by atoms with Crippen LogP contribution >= 0.6 is 0 Å². The number of amides is 1. The quantitative estimate of drug-likeness (QED) is 0.701. The minimum atomic E-state index is 0.176. The van der Waals surface area contributed by atoms with Gasteiger partial charge in [0.1, 0.15) is 0 Å². The lowest BCUT2D eigenvalue weighted by Gasteiger charge is -2.25. The van der Waals surface area contributed by atoms with E-state index in [1.807, 2.05) is 13.1 Å². The van der Waals surface area contributed by atoms with Crippen LogP contribution in [0.5, 0.6) is 0 Å². The molecule has 1 saturated carbocycles. The van der Waals surface area contributed by atoms with Crippen molar-refractivity contribution in [2.24, 2.45) is 11.7 Å². The summed E-state index contributed by atoms with van der Waals surface area (Å²) in [4.78, 5) is 12.0. The van der Waals surface area contributed by atoms with Gasteiger partial charge in [-0.25, -0.2) is 0 Å². The number of carbonyl (C=O) groups is 1. The molecule has 1 aromatic heterocycles. The third-order valence-electron chi connectivity index (χ3n) is 4.00. The summed E-state index contributed by atoms with van der Waals surface area (Å²) < 4.78 is 0. The van der Waals surface area contributed by atoms with E-state index in [2.05, 4.69) is 15.5 Å². The number of H-pyrrole nitrogens is 1. The number of rotatable bonds is 5. The van der Waals surface area contributed by atoms with Crippen molar-refractivity contribution in [1.82, 2.24) is 15.5 Å². The van der Waals surface area contributed by atoms with Crippen LogP contribution in [0.25, 0.3) is 0 Å². The number of hydrogen-bond acceptors (Lipinski definition) is 3. The number of carbonyl (C=O) groups excluding carboxylic acids is 1. The van der Waals surface area contributed by atoms with Crippen molar-refractivity contribution >= 4 is 5.91 Å². The van der Waals surface area contributed by atoms with Gasteiger partial charge >= 0.3 is 0 Å². The molecule has 2 rings (SSSR count). The first-order chi connectivity index (χ1) is 9.16. The maximum absolute atomic E-state index is 12.0. The van der Waals surface area contributed by atoms with Gasteiger partial charge in [-0.2, -0.15) is 5.10 Å². The molecule has 1 aromatic rings. The summed E-state index contributed by atoms with van der Waals surface area (Å²) in [5, 5.41) is 9.96. The van der Waals surface area contributed by atoms with Crippen LogP contribution in [0.15, 0.2) is 6.20 Å². The number of aryl methyl sites for hydroxylation is 2. The zero-order valence-corrected chi connectivity index (χ0v) is 11.6. The van der Waals surface area contributed by atoms with Crippen LogP contribution in [0.1, 0.15) is 43.4 Å². The Bertz CT molecular complexity index is 407. The van der Waals surface area contributed by atoms with Gasteiger partial charge in [-0.1, -0.05) is 0 Å². The summed E-state index contributed by atoms with van der Waals surface area (Å²) in [6, 6.07) is 0.299. The Labute approximate surface area is 114 Å². The highest BCUT2D eigenvalue weighted by Crippen LogP contribution is 2.23. The Hall–Kier alpha value is -1.36. The number of aromatic nitrogens is 2. The van der Waals surface area contributed by atoms with Gasteiger partial charge in [0.25, 0.3) is 0 Å². The average Bonchev–Trinajstić information content (AvgIpc) is 2.81. The second-order valence-corrected chi connectivity index (χ2v) is 5.53. The van der Waals surface area contributed by atoms with Crippen LogP contribution in [0.4, 0.5) is 0 Å². The molecule has 0 bridgehead atoms. The molecule has 0 aromatic carbocycles. The van der Waals surface area contributed by atoms with Gasteiger partial charge in [-0.3, -0.25) is 9.89 Å². The van der Waals surface area contributed by atoms with Crippen LogP contribution in [0, 0.1) is 12.8 Å². The lowest BCUT2D eigenvalue weighted by molar-refractivity contribution is -0.125. The highest BCUT2D eigenvalue weighted by atomic mass is 16.1. The van der Waals surface area contributed by atoms with Crippen molar-refractivity contribution in [2.75, 3.05) is 6.54 Å². The predicted octanol–water partition coefficient (Wildman–Crippen LogP) is 1.28. The molecule has 0 aliphatic heterocycles. The van der Waals surface area contributed by atoms with E-state index in [0.29, 0.717) is 6.04 Å². The summed E-state index contributed by atoms with van der Waals surface area (Å²) >= 11 is 0. The summed E-state index contributed by atoms with van der Waals surface area (Å²) in [6.07, 6.45) is 7.61. The highest BCUT2D eigenvalue weighted by Gasteiger charge is 2.23. The Morgan fingerprint density at radius 3 is 2.84 bits per heavy atom. The largest absolute Gasteiger partial charge is 0.356 e. The van der Waals surface area contributed by atoms with Crippen molar-refractivity contribution in [3.63, 3.8) is 0 Å². The van der Waals surface area contributed by atoms with Crippen LogP contribution in [-0.4, -0.2) is 28.7 Å². The second kappa shape index (κ2) is 6.70. The average molecular weight is 264 g/mol. The van der Waals surface area contributed by atoms with E-state index in [-0.39, 0.29) is 11.8 Å². The molecule has 1 aliphatic carbocycles. The van der Waals surface area contributed by atoms with Crippen molar-refractivity contribution in [1.29, 1.82) is 0 Å². The predicted molar refractivity (Wildman–Crippen MR) is 74.6 cm³/mol. The second-order valence-electron chi connectivity index (χ2n) is 5.53. The summed E-state index contributed by atoms with van der Waals surface area (Å²) in [5.41, 5.74) is 8.20. The summed E-state index contributed by atoms with van der Waals surface area (Å²) in [6.45, 7) is 2.76. The lowest BCUT2D eigenvalue weighted by Crippen LogP contribution is -2.36. The fourth-order valence-electron chi connectivity index (χ4n) is 2.64. The van der Waals surface area contributed by atoms with E-state index < -0.39 is 0 Å². The Kier molecular flexibility index (Phi) is 4.96. The van der Waals surface area contributed by atoms with Gasteiger partial charge in [0.2, 0.25) is 5.91 Å². The third-order valence-corrected chi connectivity index (χ3v) is 4.00. The fraction of sp³-hybridized carbons (Fsp3) is 0.714. The third kappa shape index (κ3) is 4.06. The van der Waals surface area contributed by atoms with Crippen molar-refractivity contribution in [2.45, 2.75) is 51.5 Å². The summed E-state index contributed by atoms with van der Waals surface area (Å²) in [5.74, 6) is 0.381. The number of nitrogens with zero attached hydrogens (tertiary/aromatic N) is 1. The molecule has 1 amide bonds. The molecule has 1 heterocycles. The van der Waals surface area contributed by atoms with E-state index in [9.17, 15) is 4.79 Å². The first-order valence-corrected chi connectivity index (χ1v) is 7.19. The van der Waals surface area contributed by atoms with Crippen LogP contribution in [0.2, 0.25) is 0 Å². The molecule has 5 nitrogen and oxygen atoms in total. The molecule has 0 radical (unpaired) electrons. The molecule has 0 atom stereocenters. The first kappa shape index (κ1) is 14.1. The fourth-order valence-corrected chi connectivity index (χ4v) is 2.64. The van der Waals surface area contributed by atoms with Crippen LogP contribution in [0.3, 0.4) is 0 Å². The SMILES string of the molecule is Cc1[nH]ncc1CCCNC(=O)C1CCC(N)CC1. The Balaban J connectivity index is 1.63. The van der Waals surface area contributed by atoms with Gasteiger partial charge in [-0.15, -0.1) is 0 Å². The topological polar surface area (TPSA) is 83.8 Å². The van der Waals surface area contributed by atoms with Crippen molar-refractivity contribution in [3.05, 3.63) is 17.5 Å².